The molecule has 0 radical (unpaired) electrons. The Balaban J connectivity index is 1.70. The van der Waals surface area contributed by atoms with Gasteiger partial charge in [0, 0.05) is 25.3 Å². The molecule has 5 heteroatoms. The maximum atomic E-state index is 13.1. The van der Waals surface area contributed by atoms with Crippen LogP contribution in [-0.4, -0.2) is 38.3 Å². The van der Waals surface area contributed by atoms with Crippen LogP contribution in [0.25, 0.3) is 0 Å². The summed E-state index contributed by atoms with van der Waals surface area (Å²) in [4.78, 5) is 15.1. The van der Waals surface area contributed by atoms with Crippen LogP contribution < -0.4 is 0 Å². The second-order valence-corrected chi connectivity index (χ2v) is 6.84. The Labute approximate surface area is 149 Å². The summed E-state index contributed by atoms with van der Waals surface area (Å²) in [6.07, 6.45) is 7.06. The Morgan fingerprint density at radius 1 is 1.28 bits per heavy atom. The SMILES string of the molecule is CCn1cc(C(=O)N2CCCCC2CCc2ccc(O)cc2)c(C)n1. The molecule has 1 amide bonds. The summed E-state index contributed by atoms with van der Waals surface area (Å²) in [5.74, 6) is 0.411. The molecule has 5 nitrogen and oxygen atoms in total. The van der Waals surface area contributed by atoms with Crippen molar-refractivity contribution in [3.8, 4) is 5.75 Å². The number of rotatable bonds is 5. The normalized spacial score (nSPS) is 17.7. The number of carbonyl (C=O) groups excluding carboxylic acids is 1. The van der Waals surface area contributed by atoms with Gasteiger partial charge in [0.05, 0.1) is 11.3 Å². The topological polar surface area (TPSA) is 58.4 Å². The molecule has 134 valence electrons. The van der Waals surface area contributed by atoms with Crippen molar-refractivity contribution < 1.29 is 9.90 Å². The van der Waals surface area contributed by atoms with Gasteiger partial charge in [-0.15, -0.1) is 0 Å². The van der Waals surface area contributed by atoms with Crippen LogP contribution >= 0.6 is 0 Å². The number of piperidine rings is 1. The van der Waals surface area contributed by atoms with Crippen LogP contribution in [0.15, 0.2) is 30.5 Å². The summed E-state index contributed by atoms with van der Waals surface area (Å²) < 4.78 is 1.83. The van der Waals surface area contributed by atoms with Crippen molar-refractivity contribution in [1.29, 1.82) is 0 Å². The molecule has 2 heterocycles. The van der Waals surface area contributed by atoms with Gasteiger partial charge in [0.1, 0.15) is 5.75 Å². The molecule has 1 N–H and O–H groups in total. The summed E-state index contributed by atoms with van der Waals surface area (Å²) >= 11 is 0. The standard InChI is InChI=1S/C20H27N3O2/c1-3-22-14-19(15(2)21-22)20(25)23-13-5-4-6-17(23)10-7-16-8-11-18(24)12-9-16/h8-9,11-12,14,17,24H,3-7,10,13H2,1-2H3. The van der Waals surface area contributed by atoms with Crippen molar-refractivity contribution in [2.45, 2.75) is 58.5 Å². The van der Waals surface area contributed by atoms with E-state index in [-0.39, 0.29) is 11.9 Å². The molecule has 3 rings (SSSR count). The molecular weight excluding hydrogens is 314 g/mol. The summed E-state index contributed by atoms with van der Waals surface area (Å²) in [5, 5.41) is 13.8. The number of nitrogens with zero attached hydrogens (tertiary/aromatic N) is 3. The highest BCUT2D eigenvalue weighted by Crippen LogP contribution is 2.24. The maximum absolute atomic E-state index is 13.1. The smallest absolute Gasteiger partial charge is 0.257 e. The lowest BCUT2D eigenvalue weighted by Gasteiger charge is -2.36. The van der Waals surface area contributed by atoms with E-state index >= 15 is 0 Å². The van der Waals surface area contributed by atoms with Crippen molar-refractivity contribution in [2.75, 3.05) is 6.54 Å². The average molecular weight is 341 g/mol. The lowest BCUT2D eigenvalue weighted by atomic mass is 9.95. The van der Waals surface area contributed by atoms with Gasteiger partial charge in [0.25, 0.3) is 5.91 Å². The first-order valence-corrected chi connectivity index (χ1v) is 9.21. The lowest BCUT2D eigenvalue weighted by molar-refractivity contribution is 0.0601. The van der Waals surface area contributed by atoms with Crippen LogP contribution in [-0.2, 0) is 13.0 Å². The third-order valence-electron chi connectivity index (χ3n) is 5.09. The fourth-order valence-corrected chi connectivity index (χ4v) is 3.61. The zero-order chi connectivity index (χ0) is 17.8. The van der Waals surface area contributed by atoms with Crippen LogP contribution in [0.3, 0.4) is 0 Å². The molecule has 1 aromatic carbocycles. The number of phenolic OH excluding ortho intramolecular Hbond substituents is 1. The number of aromatic hydroxyl groups is 1. The van der Waals surface area contributed by atoms with E-state index in [0.29, 0.717) is 5.75 Å². The van der Waals surface area contributed by atoms with E-state index in [1.807, 2.05) is 41.8 Å². The van der Waals surface area contributed by atoms with Gasteiger partial charge in [-0.3, -0.25) is 9.48 Å². The molecule has 0 saturated carbocycles. The number of amides is 1. The monoisotopic (exact) mass is 341 g/mol. The molecule has 1 aromatic heterocycles. The highest BCUT2D eigenvalue weighted by atomic mass is 16.3. The number of phenols is 1. The summed E-state index contributed by atoms with van der Waals surface area (Å²) in [5.41, 5.74) is 2.75. The van der Waals surface area contributed by atoms with Crippen LogP contribution in [0.5, 0.6) is 5.75 Å². The van der Waals surface area contributed by atoms with Crippen molar-refractivity contribution in [1.82, 2.24) is 14.7 Å². The number of aryl methyl sites for hydroxylation is 3. The quantitative estimate of drug-likeness (QED) is 0.905. The number of aromatic nitrogens is 2. The van der Waals surface area contributed by atoms with E-state index in [1.165, 1.54) is 12.0 Å². The minimum absolute atomic E-state index is 0.118. The molecule has 25 heavy (non-hydrogen) atoms. The second-order valence-electron chi connectivity index (χ2n) is 6.84. The van der Waals surface area contributed by atoms with E-state index in [2.05, 4.69) is 5.10 Å². The van der Waals surface area contributed by atoms with Crippen molar-refractivity contribution in [2.24, 2.45) is 0 Å². The second kappa shape index (κ2) is 7.72. The molecule has 1 atom stereocenters. The fraction of sp³-hybridized carbons (Fsp3) is 0.500. The first-order chi connectivity index (χ1) is 12.1. The Morgan fingerprint density at radius 3 is 2.72 bits per heavy atom. The van der Waals surface area contributed by atoms with Gasteiger partial charge >= 0.3 is 0 Å². The molecule has 1 saturated heterocycles. The number of hydrogen-bond donors (Lipinski definition) is 1. The Hall–Kier alpha value is -2.30. The van der Waals surface area contributed by atoms with Gasteiger partial charge in [-0.2, -0.15) is 5.10 Å². The van der Waals surface area contributed by atoms with Gasteiger partial charge in [-0.05, 0) is 63.6 Å². The minimum atomic E-state index is 0.118. The minimum Gasteiger partial charge on any atom is -0.508 e. The highest BCUT2D eigenvalue weighted by Gasteiger charge is 2.29. The maximum Gasteiger partial charge on any atom is 0.257 e. The van der Waals surface area contributed by atoms with Gasteiger partial charge < -0.3 is 10.0 Å². The molecule has 1 aliphatic heterocycles. The van der Waals surface area contributed by atoms with Gasteiger partial charge in [0.2, 0.25) is 0 Å². The van der Waals surface area contributed by atoms with E-state index < -0.39 is 0 Å². The third-order valence-corrected chi connectivity index (χ3v) is 5.09. The highest BCUT2D eigenvalue weighted by molar-refractivity contribution is 5.95. The lowest BCUT2D eigenvalue weighted by Crippen LogP contribution is -2.44. The molecule has 1 aliphatic rings. The Bertz CT molecular complexity index is 721. The predicted molar refractivity (Wildman–Crippen MR) is 97.7 cm³/mol. The van der Waals surface area contributed by atoms with Crippen LogP contribution in [0, 0.1) is 6.92 Å². The van der Waals surface area contributed by atoms with E-state index in [0.717, 1.165) is 50.0 Å². The number of hydrogen-bond acceptors (Lipinski definition) is 3. The van der Waals surface area contributed by atoms with E-state index in [4.69, 9.17) is 0 Å². The molecule has 0 spiro atoms. The first kappa shape index (κ1) is 17.5. The fourth-order valence-electron chi connectivity index (χ4n) is 3.61. The summed E-state index contributed by atoms with van der Waals surface area (Å²) in [7, 11) is 0. The Kier molecular flexibility index (Phi) is 5.41. The van der Waals surface area contributed by atoms with Crippen molar-refractivity contribution in [3.63, 3.8) is 0 Å². The molecule has 1 unspecified atom stereocenters. The van der Waals surface area contributed by atoms with Gasteiger partial charge in [0.15, 0.2) is 0 Å². The molecular formula is C20H27N3O2. The third kappa shape index (κ3) is 4.03. The average Bonchev–Trinajstić information content (AvgIpc) is 3.02. The van der Waals surface area contributed by atoms with Gasteiger partial charge in [-0.1, -0.05) is 12.1 Å². The van der Waals surface area contributed by atoms with Crippen molar-refractivity contribution >= 4 is 5.91 Å². The molecule has 1 fully saturated rings. The van der Waals surface area contributed by atoms with Crippen molar-refractivity contribution in [3.05, 3.63) is 47.3 Å². The predicted octanol–water partition coefficient (Wildman–Crippen LogP) is 3.54. The van der Waals surface area contributed by atoms with Crippen LogP contribution in [0.2, 0.25) is 0 Å². The molecule has 2 aromatic rings. The zero-order valence-electron chi connectivity index (χ0n) is 15.1. The summed E-state index contributed by atoms with van der Waals surface area (Å²) in [6, 6.07) is 7.64. The van der Waals surface area contributed by atoms with E-state index in [1.54, 1.807) is 12.1 Å². The summed E-state index contributed by atoms with van der Waals surface area (Å²) in [6.45, 7) is 5.55. The number of carbonyl (C=O) groups is 1. The van der Waals surface area contributed by atoms with Gasteiger partial charge in [-0.25, -0.2) is 0 Å². The molecule has 0 aliphatic carbocycles. The van der Waals surface area contributed by atoms with Crippen LogP contribution in [0.1, 0.15) is 54.2 Å². The van der Waals surface area contributed by atoms with Crippen LogP contribution in [0.4, 0.5) is 0 Å². The Morgan fingerprint density at radius 2 is 2.04 bits per heavy atom. The van der Waals surface area contributed by atoms with E-state index in [9.17, 15) is 9.90 Å². The first-order valence-electron chi connectivity index (χ1n) is 9.21. The number of likely N-dealkylation sites (tertiary alicyclic amines) is 1. The number of benzene rings is 1. The zero-order valence-corrected chi connectivity index (χ0v) is 15.1. The largest absolute Gasteiger partial charge is 0.508 e. The molecule has 0 bridgehead atoms.